The summed E-state index contributed by atoms with van der Waals surface area (Å²) >= 11 is 0. The van der Waals surface area contributed by atoms with E-state index in [1.165, 1.54) is 19.3 Å². The largest absolute Gasteiger partial charge is 0.381 e. The molecule has 0 saturated carbocycles. The van der Waals surface area contributed by atoms with Crippen LogP contribution >= 0.6 is 0 Å². The van der Waals surface area contributed by atoms with Gasteiger partial charge in [-0.3, -0.25) is 4.79 Å². The number of hydrogen-bond donors (Lipinski definition) is 2. The van der Waals surface area contributed by atoms with Crippen molar-refractivity contribution >= 4 is 5.91 Å². The molecule has 18 heavy (non-hydrogen) atoms. The Labute approximate surface area is 110 Å². The molecule has 4 nitrogen and oxygen atoms in total. The molecule has 0 spiro atoms. The van der Waals surface area contributed by atoms with Gasteiger partial charge in [-0.05, 0) is 44.1 Å². The van der Waals surface area contributed by atoms with Crippen LogP contribution in [0.1, 0.15) is 39.0 Å². The molecule has 2 fully saturated rings. The summed E-state index contributed by atoms with van der Waals surface area (Å²) in [4.78, 5) is 11.9. The van der Waals surface area contributed by atoms with E-state index < -0.39 is 0 Å². The maximum atomic E-state index is 11.9. The van der Waals surface area contributed by atoms with Gasteiger partial charge in [-0.25, -0.2) is 0 Å². The minimum absolute atomic E-state index is 0.187. The van der Waals surface area contributed by atoms with Crippen LogP contribution < -0.4 is 10.6 Å². The summed E-state index contributed by atoms with van der Waals surface area (Å²) in [6.45, 7) is 5.75. The van der Waals surface area contributed by atoms with Crippen LogP contribution in [0.5, 0.6) is 0 Å². The Morgan fingerprint density at radius 1 is 1.39 bits per heavy atom. The van der Waals surface area contributed by atoms with Crippen LogP contribution in [0.15, 0.2) is 0 Å². The van der Waals surface area contributed by atoms with E-state index in [0.29, 0.717) is 24.3 Å². The zero-order valence-electron chi connectivity index (χ0n) is 11.4. The van der Waals surface area contributed by atoms with Crippen LogP contribution in [0.3, 0.4) is 0 Å². The highest BCUT2D eigenvalue weighted by Gasteiger charge is 2.23. The zero-order chi connectivity index (χ0) is 12.8. The first-order valence-corrected chi connectivity index (χ1v) is 7.33. The molecule has 3 unspecified atom stereocenters. The average Bonchev–Trinajstić information content (AvgIpc) is 2.40. The molecule has 1 amide bonds. The molecular formula is C14H26N2O2. The molecule has 4 heteroatoms. The molecule has 104 valence electrons. The Hall–Kier alpha value is -0.610. The van der Waals surface area contributed by atoms with Gasteiger partial charge in [0.2, 0.25) is 5.91 Å². The number of amides is 1. The number of nitrogens with one attached hydrogen (secondary N) is 2. The Morgan fingerprint density at radius 3 is 3.00 bits per heavy atom. The van der Waals surface area contributed by atoms with Gasteiger partial charge in [0.25, 0.3) is 0 Å². The van der Waals surface area contributed by atoms with Crippen molar-refractivity contribution in [3.8, 4) is 0 Å². The second-order valence-corrected chi connectivity index (χ2v) is 5.77. The molecule has 0 aliphatic carbocycles. The van der Waals surface area contributed by atoms with Gasteiger partial charge in [0.15, 0.2) is 0 Å². The van der Waals surface area contributed by atoms with Crippen molar-refractivity contribution in [2.45, 2.75) is 45.1 Å². The lowest BCUT2D eigenvalue weighted by molar-refractivity contribution is -0.122. The highest BCUT2D eigenvalue weighted by molar-refractivity contribution is 5.76. The fraction of sp³-hybridized carbons (Fsp3) is 0.929. The van der Waals surface area contributed by atoms with Crippen LogP contribution in [0, 0.1) is 11.8 Å². The molecule has 2 saturated heterocycles. The Balaban J connectivity index is 1.64. The second-order valence-electron chi connectivity index (χ2n) is 5.77. The molecule has 2 aliphatic rings. The van der Waals surface area contributed by atoms with Crippen molar-refractivity contribution in [3.63, 3.8) is 0 Å². The SMILES string of the molecule is CC1CCCNC1CC(=O)NCC1CCCOC1. The van der Waals surface area contributed by atoms with E-state index in [2.05, 4.69) is 17.6 Å². The van der Waals surface area contributed by atoms with Gasteiger partial charge in [0.05, 0.1) is 6.61 Å². The molecule has 0 radical (unpaired) electrons. The summed E-state index contributed by atoms with van der Waals surface area (Å²) < 4.78 is 5.42. The summed E-state index contributed by atoms with van der Waals surface area (Å²) in [7, 11) is 0. The number of rotatable bonds is 4. The lowest BCUT2D eigenvalue weighted by Crippen LogP contribution is -2.44. The standard InChI is InChI=1S/C14H26N2O2/c1-11-4-2-6-15-13(11)8-14(17)16-9-12-5-3-7-18-10-12/h11-13,15H,2-10H2,1H3,(H,16,17). The first-order valence-electron chi connectivity index (χ1n) is 7.33. The molecule has 2 N–H and O–H groups in total. The van der Waals surface area contributed by atoms with Crippen molar-refractivity contribution in [3.05, 3.63) is 0 Å². The summed E-state index contributed by atoms with van der Waals surface area (Å²) in [6, 6.07) is 0.362. The maximum absolute atomic E-state index is 11.9. The lowest BCUT2D eigenvalue weighted by atomic mass is 9.90. The van der Waals surface area contributed by atoms with Crippen molar-refractivity contribution < 1.29 is 9.53 Å². The van der Waals surface area contributed by atoms with E-state index in [-0.39, 0.29) is 5.91 Å². The lowest BCUT2D eigenvalue weighted by Gasteiger charge is -2.30. The fourth-order valence-corrected chi connectivity index (χ4v) is 2.89. The Morgan fingerprint density at radius 2 is 2.28 bits per heavy atom. The van der Waals surface area contributed by atoms with E-state index in [1.807, 2.05) is 0 Å². The summed E-state index contributed by atoms with van der Waals surface area (Å²) in [5, 5.41) is 6.51. The third kappa shape index (κ3) is 4.25. The zero-order valence-corrected chi connectivity index (χ0v) is 11.4. The molecule has 2 heterocycles. The molecule has 3 atom stereocenters. The maximum Gasteiger partial charge on any atom is 0.221 e. The molecule has 0 aromatic carbocycles. The van der Waals surface area contributed by atoms with E-state index >= 15 is 0 Å². The third-order valence-corrected chi connectivity index (χ3v) is 4.18. The number of carbonyl (C=O) groups excluding carboxylic acids is 1. The predicted octanol–water partition coefficient (Wildman–Crippen LogP) is 1.31. The van der Waals surface area contributed by atoms with Gasteiger partial charge >= 0.3 is 0 Å². The summed E-state index contributed by atoms with van der Waals surface area (Å²) in [5.41, 5.74) is 0. The highest BCUT2D eigenvalue weighted by atomic mass is 16.5. The molecule has 0 aromatic rings. The first kappa shape index (κ1) is 13.8. The number of hydrogen-bond acceptors (Lipinski definition) is 3. The third-order valence-electron chi connectivity index (χ3n) is 4.18. The van der Waals surface area contributed by atoms with E-state index in [1.54, 1.807) is 0 Å². The molecular weight excluding hydrogens is 228 g/mol. The number of piperidine rings is 1. The van der Waals surface area contributed by atoms with Crippen LogP contribution in [-0.4, -0.2) is 38.3 Å². The molecule has 2 aliphatic heterocycles. The van der Waals surface area contributed by atoms with Crippen molar-refractivity contribution in [1.82, 2.24) is 10.6 Å². The van der Waals surface area contributed by atoms with Gasteiger partial charge in [-0.15, -0.1) is 0 Å². The predicted molar refractivity (Wildman–Crippen MR) is 71.4 cm³/mol. The van der Waals surface area contributed by atoms with Crippen LogP contribution in [0.25, 0.3) is 0 Å². The van der Waals surface area contributed by atoms with E-state index in [9.17, 15) is 4.79 Å². The van der Waals surface area contributed by atoms with Gasteiger partial charge < -0.3 is 15.4 Å². The van der Waals surface area contributed by atoms with Crippen molar-refractivity contribution in [1.29, 1.82) is 0 Å². The van der Waals surface area contributed by atoms with E-state index in [4.69, 9.17) is 4.74 Å². The molecule has 0 aromatic heterocycles. The fourth-order valence-electron chi connectivity index (χ4n) is 2.89. The van der Waals surface area contributed by atoms with Crippen LogP contribution in [0.4, 0.5) is 0 Å². The minimum atomic E-state index is 0.187. The second kappa shape index (κ2) is 7.10. The first-order chi connectivity index (χ1) is 8.75. The Bertz CT molecular complexity index is 265. The van der Waals surface area contributed by atoms with Crippen molar-refractivity contribution in [2.75, 3.05) is 26.3 Å². The van der Waals surface area contributed by atoms with Gasteiger partial charge in [-0.2, -0.15) is 0 Å². The minimum Gasteiger partial charge on any atom is -0.381 e. The summed E-state index contributed by atoms with van der Waals surface area (Å²) in [5.74, 6) is 1.31. The molecule has 0 bridgehead atoms. The number of carbonyl (C=O) groups is 1. The smallest absolute Gasteiger partial charge is 0.221 e. The van der Waals surface area contributed by atoms with Gasteiger partial charge in [0, 0.05) is 25.6 Å². The quantitative estimate of drug-likeness (QED) is 0.795. The van der Waals surface area contributed by atoms with E-state index in [0.717, 1.165) is 32.7 Å². The Kier molecular flexibility index (Phi) is 5.45. The monoisotopic (exact) mass is 254 g/mol. The highest BCUT2D eigenvalue weighted by Crippen LogP contribution is 2.18. The topological polar surface area (TPSA) is 50.4 Å². The van der Waals surface area contributed by atoms with Gasteiger partial charge in [-0.1, -0.05) is 6.92 Å². The number of ether oxygens (including phenoxy) is 1. The van der Waals surface area contributed by atoms with Gasteiger partial charge in [0.1, 0.15) is 0 Å². The van der Waals surface area contributed by atoms with Crippen LogP contribution in [-0.2, 0) is 9.53 Å². The van der Waals surface area contributed by atoms with Crippen molar-refractivity contribution in [2.24, 2.45) is 11.8 Å². The normalized spacial score (nSPS) is 33.1. The summed E-state index contributed by atoms with van der Waals surface area (Å²) in [6.07, 6.45) is 5.40. The average molecular weight is 254 g/mol. The molecule has 2 rings (SSSR count). The van der Waals surface area contributed by atoms with Crippen LogP contribution in [0.2, 0.25) is 0 Å².